The van der Waals surface area contributed by atoms with Crippen molar-refractivity contribution in [3.63, 3.8) is 0 Å². The van der Waals surface area contributed by atoms with Crippen molar-refractivity contribution in [1.29, 1.82) is 0 Å². The molecule has 0 amide bonds. The molecule has 4 heteroatoms. The molecule has 15 heavy (non-hydrogen) atoms. The zero-order valence-electron chi connectivity index (χ0n) is 8.11. The van der Waals surface area contributed by atoms with Crippen molar-refractivity contribution in [3.8, 4) is 0 Å². The second-order valence-corrected chi connectivity index (χ2v) is 3.04. The standard InChI is InChI=1S/C11H9NO3/c1-12-10-7-4-2-3-5-9(7)15-11(14)8(10)6-13/h2-6,12H,1H3. The van der Waals surface area contributed by atoms with Gasteiger partial charge in [0.05, 0.1) is 5.69 Å². The quantitative estimate of drug-likeness (QED) is 0.595. The van der Waals surface area contributed by atoms with E-state index >= 15 is 0 Å². The van der Waals surface area contributed by atoms with Crippen LogP contribution in [0.15, 0.2) is 33.5 Å². The molecule has 0 spiro atoms. The summed E-state index contributed by atoms with van der Waals surface area (Å²) >= 11 is 0. The third kappa shape index (κ3) is 1.40. The van der Waals surface area contributed by atoms with Crippen molar-refractivity contribution in [1.82, 2.24) is 0 Å². The van der Waals surface area contributed by atoms with Crippen LogP contribution in [-0.2, 0) is 0 Å². The first-order valence-corrected chi connectivity index (χ1v) is 4.46. The highest BCUT2D eigenvalue weighted by Gasteiger charge is 2.11. The van der Waals surface area contributed by atoms with E-state index in [0.717, 1.165) is 5.39 Å². The second-order valence-electron chi connectivity index (χ2n) is 3.04. The summed E-state index contributed by atoms with van der Waals surface area (Å²) in [4.78, 5) is 22.2. The molecule has 1 N–H and O–H groups in total. The number of carbonyl (C=O) groups is 1. The fourth-order valence-corrected chi connectivity index (χ4v) is 1.54. The maximum atomic E-state index is 11.4. The largest absolute Gasteiger partial charge is 0.422 e. The van der Waals surface area contributed by atoms with Gasteiger partial charge in [0, 0.05) is 12.4 Å². The van der Waals surface area contributed by atoms with Crippen LogP contribution in [0.2, 0.25) is 0 Å². The Bertz CT molecular complexity index is 572. The van der Waals surface area contributed by atoms with E-state index in [1.807, 2.05) is 6.07 Å². The van der Waals surface area contributed by atoms with Crippen LogP contribution in [0.5, 0.6) is 0 Å². The summed E-state index contributed by atoms with van der Waals surface area (Å²) in [6, 6.07) is 7.06. The van der Waals surface area contributed by atoms with Gasteiger partial charge in [-0.1, -0.05) is 12.1 Å². The van der Waals surface area contributed by atoms with E-state index in [-0.39, 0.29) is 5.56 Å². The summed E-state index contributed by atoms with van der Waals surface area (Å²) < 4.78 is 5.00. The van der Waals surface area contributed by atoms with Gasteiger partial charge in [0.15, 0.2) is 6.29 Å². The number of rotatable bonds is 2. The Hall–Kier alpha value is -2.10. The molecule has 0 radical (unpaired) electrons. The van der Waals surface area contributed by atoms with Crippen LogP contribution in [0.25, 0.3) is 11.0 Å². The van der Waals surface area contributed by atoms with Gasteiger partial charge in [-0.15, -0.1) is 0 Å². The molecule has 1 heterocycles. The summed E-state index contributed by atoms with van der Waals surface area (Å²) in [6.45, 7) is 0. The lowest BCUT2D eigenvalue weighted by atomic mass is 10.1. The lowest BCUT2D eigenvalue weighted by Gasteiger charge is -2.06. The molecule has 1 aromatic carbocycles. The first-order valence-electron chi connectivity index (χ1n) is 4.46. The first kappa shape index (κ1) is 9.45. The highest BCUT2D eigenvalue weighted by Crippen LogP contribution is 2.23. The Labute approximate surface area is 85.5 Å². The van der Waals surface area contributed by atoms with Crippen LogP contribution in [0.4, 0.5) is 5.69 Å². The Balaban J connectivity index is 2.97. The summed E-state index contributed by atoms with van der Waals surface area (Å²) in [6.07, 6.45) is 0.504. The normalized spacial score (nSPS) is 10.2. The molecule has 2 aromatic rings. The number of hydrogen-bond donors (Lipinski definition) is 1. The molecular formula is C11H9NO3. The number of aldehydes is 1. The average Bonchev–Trinajstić information content (AvgIpc) is 2.27. The molecule has 0 saturated heterocycles. The van der Waals surface area contributed by atoms with Crippen LogP contribution < -0.4 is 10.9 Å². The van der Waals surface area contributed by atoms with Crippen LogP contribution in [-0.4, -0.2) is 13.3 Å². The Kier molecular flexibility index (Phi) is 2.25. The van der Waals surface area contributed by atoms with E-state index in [9.17, 15) is 9.59 Å². The van der Waals surface area contributed by atoms with Crippen molar-refractivity contribution in [3.05, 3.63) is 40.2 Å². The van der Waals surface area contributed by atoms with Crippen LogP contribution >= 0.6 is 0 Å². The summed E-state index contributed by atoms with van der Waals surface area (Å²) in [5.74, 6) is 0. The summed E-state index contributed by atoms with van der Waals surface area (Å²) in [5, 5.41) is 3.56. The lowest BCUT2D eigenvalue weighted by Crippen LogP contribution is -2.10. The van der Waals surface area contributed by atoms with E-state index in [1.165, 1.54) is 0 Å². The fourth-order valence-electron chi connectivity index (χ4n) is 1.54. The van der Waals surface area contributed by atoms with E-state index in [2.05, 4.69) is 5.32 Å². The zero-order chi connectivity index (χ0) is 10.8. The Morgan fingerprint density at radius 3 is 2.73 bits per heavy atom. The number of nitrogens with one attached hydrogen (secondary N) is 1. The molecule has 0 unspecified atom stereocenters. The third-order valence-corrected chi connectivity index (χ3v) is 2.22. The number of anilines is 1. The van der Waals surface area contributed by atoms with E-state index in [0.29, 0.717) is 17.6 Å². The number of benzene rings is 1. The minimum Gasteiger partial charge on any atom is -0.422 e. The molecule has 0 bridgehead atoms. The van der Waals surface area contributed by atoms with Gasteiger partial charge in [-0.05, 0) is 12.1 Å². The van der Waals surface area contributed by atoms with Crippen LogP contribution in [0.3, 0.4) is 0 Å². The molecule has 0 aliphatic rings. The van der Waals surface area contributed by atoms with Gasteiger partial charge in [0.2, 0.25) is 0 Å². The predicted molar refractivity (Wildman–Crippen MR) is 57.4 cm³/mol. The smallest absolute Gasteiger partial charge is 0.349 e. The monoisotopic (exact) mass is 203 g/mol. The van der Waals surface area contributed by atoms with E-state index < -0.39 is 5.63 Å². The molecule has 1 aromatic heterocycles. The number of carbonyl (C=O) groups excluding carboxylic acids is 1. The molecule has 0 aliphatic carbocycles. The maximum Gasteiger partial charge on any atom is 0.349 e. The molecule has 76 valence electrons. The van der Waals surface area contributed by atoms with Crippen molar-refractivity contribution in [2.75, 3.05) is 12.4 Å². The molecule has 2 rings (SSSR count). The van der Waals surface area contributed by atoms with Crippen molar-refractivity contribution >= 4 is 22.9 Å². The molecule has 0 fully saturated rings. The number of hydrogen-bond acceptors (Lipinski definition) is 4. The van der Waals surface area contributed by atoms with Crippen LogP contribution in [0, 0.1) is 0 Å². The Morgan fingerprint density at radius 1 is 1.33 bits per heavy atom. The fraction of sp³-hybridized carbons (Fsp3) is 0.0909. The molecule has 0 atom stereocenters. The average molecular weight is 203 g/mol. The van der Waals surface area contributed by atoms with E-state index in [4.69, 9.17) is 4.42 Å². The zero-order valence-corrected chi connectivity index (χ0v) is 8.11. The van der Waals surface area contributed by atoms with Crippen LogP contribution in [0.1, 0.15) is 10.4 Å². The second kappa shape index (κ2) is 3.57. The van der Waals surface area contributed by atoms with Crippen molar-refractivity contribution in [2.45, 2.75) is 0 Å². The van der Waals surface area contributed by atoms with Gasteiger partial charge in [-0.2, -0.15) is 0 Å². The predicted octanol–water partition coefficient (Wildman–Crippen LogP) is 1.65. The van der Waals surface area contributed by atoms with Gasteiger partial charge < -0.3 is 9.73 Å². The first-order chi connectivity index (χ1) is 7.27. The van der Waals surface area contributed by atoms with Gasteiger partial charge in [-0.3, -0.25) is 4.79 Å². The minimum absolute atomic E-state index is 0.0243. The molecule has 4 nitrogen and oxygen atoms in total. The third-order valence-electron chi connectivity index (χ3n) is 2.22. The SMILES string of the molecule is CNc1c(C=O)c(=O)oc2ccccc12. The molecular weight excluding hydrogens is 194 g/mol. The maximum absolute atomic E-state index is 11.4. The topological polar surface area (TPSA) is 59.3 Å². The highest BCUT2D eigenvalue weighted by atomic mass is 16.4. The Morgan fingerprint density at radius 2 is 2.07 bits per heavy atom. The molecule has 0 saturated carbocycles. The van der Waals surface area contributed by atoms with Crippen molar-refractivity contribution < 1.29 is 9.21 Å². The summed E-state index contributed by atoms with van der Waals surface area (Å²) in [7, 11) is 1.66. The highest BCUT2D eigenvalue weighted by molar-refractivity contribution is 5.98. The summed E-state index contributed by atoms with van der Waals surface area (Å²) in [5.41, 5.74) is 0.388. The van der Waals surface area contributed by atoms with Crippen molar-refractivity contribution in [2.24, 2.45) is 0 Å². The van der Waals surface area contributed by atoms with E-state index in [1.54, 1.807) is 25.2 Å². The van der Waals surface area contributed by atoms with Gasteiger partial charge >= 0.3 is 5.63 Å². The van der Waals surface area contributed by atoms with Gasteiger partial charge in [-0.25, -0.2) is 4.79 Å². The molecule has 0 aliphatic heterocycles. The van der Waals surface area contributed by atoms with Gasteiger partial charge in [0.25, 0.3) is 0 Å². The lowest BCUT2D eigenvalue weighted by molar-refractivity contribution is 0.112. The number of para-hydroxylation sites is 1. The minimum atomic E-state index is -0.618. The van der Waals surface area contributed by atoms with Gasteiger partial charge in [0.1, 0.15) is 11.1 Å². The number of fused-ring (bicyclic) bond motifs is 1.